The summed E-state index contributed by atoms with van der Waals surface area (Å²) < 4.78 is 13.9. The van der Waals surface area contributed by atoms with Crippen molar-refractivity contribution in [2.45, 2.75) is 33.0 Å². The molecule has 0 atom stereocenters. The predicted molar refractivity (Wildman–Crippen MR) is 56.0 cm³/mol. The van der Waals surface area contributed by atoms with Gasteiger partial charge in [0, 0.05) is 11.1 Å². The maximum Gasteiger partial charge on any atom is 0.134 e. The highest BCUT2D eigenvalue weighted by Crippen LogP contribution is 2.28. The lowest BCUT2D eigenvalue weighted by atomic mass is 9.92. The normalized spacial score (nSPS) is 10.9. The van der Waals surface area contributed by atoms with Gasteiger partial charge in [-0.2, -0.15) is 0 Å². The van der Waals surface area contributed by atoms with E-state index in [0.717, 1.165) is 0 Å². The molecule has 0 aromatic heterocycles. The minimum absolute atomic E-state index is 0.0498. The van der Waals surface area contributed by atoms with Crippen LogP contribution in [0.2, 0.25) is 0 Å². The number of halogens is 1. The summed E-state index contributed by atoms with van der Waals surface area (Å²) in [6.45, 7) is -2.98. The second-order valence-corrected chi connectivity index (χ2v) is 3.50. The van der Waals surface area contributed by atoms with Crippen molar-refractivity contribution in [1.82, 2.24) is 0 Å². The van der Waals surface area contributed by atoms with Gasteiger partial charge in [0.1, 0.15) is 5.82 Å². The molecule has 5 N–H and O–H groups in total. The number of aliphatic hydroxyl groups is 5. The fourth-order valence-corrected chi connectivity index (χ4v) is 1.90. The van der Waals surface area contributed by atoms with E-state index in [-0.39, 0.29) is 27.8 Å². The first-order valence-corrected chi connectivity index (χ1v) is 5.04. The van der Waals surface area contributed by atoms with Crippen molar-refractivity contribution < 1.29 is 29.9 Å². The number of aliphatic hydroxyl groups excluding tert-OH is 5. The highest BCUT2D eigenvalue weighted by atomic mass is 19.1. The van der Waals surface area contributed by atoms with Gasteiger partial charge in [0.05, 0.1) is 33.0 Å². The monoisotopic (exact) mass is 246 g/mol. The number of benzene rings is 1. The second kappa shape index (κ2) is 6.04. The topological polar surface area (TPSA) is 101 Å². The van der Waals surface area contributed by atoms with Crippen molar-refractivity contribution in [3.8, 4) is 0 Å². The number of rotatable bonds is 5. The van der Waals surface area contributed by atoms with Crippen molar-refractivity contribution in [3.05, 3.63) is 33.6 Å². The van der Waals surface area contributed by atoms with Crippen molar-refractivity contribution in [2.24, 2.45) is 0 Å². The van der Waals surface area contributed by atoms with Crippen LogP contribution in [0.1, 0.15) is 27.8 Å². The van der Waals surface area contributed by atoms with Gasteiger partial charge in [-0.15, -0.1) is 0 Å². The van der Waals surface area contributed by atoms with Gasteiger partial charge in [0.25, 0.3) is 0 Å². The summed E-state index contributed by atoms with van der Waals surface area (Å²) >= 11 is 0. The summed E-state index contributed by atoms with van der Waals surface area (Å²) in [6, 6.07) is 0. The van der Waals surface area contributed by atoms with E-state index in [1.165, 1.54) is 0 Å². The zero-order valence-corrected chi connectivity index (χ0v) is 9.15. The third-order valence-electron chi connectivity index (χ3n) is 2.78. The van der Waals surface area contributed by atoms with E-state index in [2.05, 4.69) is 0 Å². The molecule has 0 radical (unpaired) electrons. The Balaban J connectivity index is 3.66. The highest BCUT2D eigenvalue weighted by molar-refractivity contribution is 5.46. The van der Waals surface area contributed by atoms with Crippen LogP contribution in [-0.2, 0) is 33.0 Å². The lowest BCUT2D eigenvalue weighted by Crippen LogP contribution is -2.13. The molecule has 0 bridgehead atoms. The predicted octanol–water partition coefficient (Wildman–Crippen LogP) is -0.713. The number of hydrogen-bond acceptors (Lipinski definition) is 5. The molecule has 0 saturated carbocycles. The van der Waals surface area contributed by atoms with E-state index in [1.807, 2.05) is 0 Å². The molecular formula is C11H15FO5. The quantitative estimate of drug-likeness (QED) is 0.472. The van der Waals surface area contributed by atoms with Gasteiger partial charge < -0.3 is 25.5 Å². The molecule has 96 valence electrons. The molecule has 0 spiro atoms. The Hall–Kier alpha value is -1.05. The summed E-state index contributed by atoms with van der Waals surface area (Å²) in [4.78, 5) is 0. The van der Waals surface area contributed by atoms with Crippen molar-refractivity contribution >= 4 is 0 Å². The third kappa shape index (κ3) is 2.31. The molecule has 0 aliphatic heterocycles. The maximum atomic E-state index is 13.9. The minimum atomic E-state index is -0.861. The van der Waals surface area contributed by atoms with Gasteiger partial charge in [-0.3, -0.25) is 0 Å². The fourth-order valence-electron chi connectivity index (χ4n) is 1.90. The standard InChI is InChI=1S/C11H15FO5/c12-11-9(4-16)7(2-14)6(1-13)8(3-15)10(11)5-17/h13-17H,1-5H2. The lowest BCUT2D eigenvalue weighted by Gasteiger charge is -2.19. The first-order valence-electron chi connectivity index (χ1n) is 5.04. The molecule has 5 nitrogen and oxygen atoms in total. The molecule has 1 aromatic rings. The Morgan fingerprint density at radius 1 is 0.529 bits per heavy atom. The van der Waals surface area contributed by atoms with Gasteiger partial charge in [-0.05, 0) is 16.7 Å². The summed E-state index contributed by atoms with van der Waals surface area (Å²) in [6.07, 6.45) is 0. The molecule has 0 fully saturated rings. The summed E-state index contributed by atoms with van der Waals surface area (Å²) in [5.41, 5.74) is -0.0948. The van der Waals surface area contributed by atoms with Crippen molar-refractivity contribution in [2.75, 3.05) is 0 Å². The molecule has 1 rings (SSSR count). The van der Waals surface area contributed by atoms with E-state index >= 15 is 0 Å². The van der Waals surface area contributed by atoms with Crippen LogP contribution in [0.4, 0.5) is 4.39 Å². The van der Waals surface area contributed by atoms with Crippen LogP contribution in [0.25, 0.3) is 0 Å². The molecule has 0 unspecified atom stereocenters. The van der Waals surface area contributed by atoms with Crippen LogP contribution in [0.5, 0.6) is 0 Å². The van der Waals surface area contributed by atoms with Crippen molar-refractivity contribution in [1.29, 1.82) is 0 Å². The Bertz CT molecular complexity index is 372. The van der Waals surface area contributed by atoms with Gasteiger partial charge in [0.15, 0.2) is 0 Å². The van der Waals surface area contributed by atoms with Crippen LogP contribution in [-0.4, -0.2) is 25.5 Å². The molecule has 0 aliphatic carbocycles. The molecule has 0 saturated heterocycles. The van der Waals surface area contributed by atoms with E-state index in [4.69, 9.17) is 20.4 Å². The zero-order chi connectivity index (χ0) is 13.0. The van der Waals surface area contributed by atoms with Crippen LogP contribution < -0.4 is 0 Å². The molecule has 6 heteroatoms. The van der Waals surface area contributed by atoms with E-state index < -0.39 is 38.9 Å². The van der Waals surface area contributed by atoms with Crippen LogP contribution >= 0.6 is 0 Å². The van der Waals surface area contributed by atoms with Gasteiger partial charge in [-0.1, -0.05) is 0 Å². The molecule has 0 heterocycles. The van der Waals surface area contributed by atoms with Gasteiger partial charge >= 0.3 is 0 Å². The van der Waals surface area contributed by atoms with Gasteiger partial charge in [0.2, 0.25) is 0 Å². The zero-order valence-electron chi connectivity index (χ0n) is 9.15. The average molecular weight is 246 g/mol. The minimum Gasteiger partial charge on any atom is -0.392 e. The van der Waals surface area contributed by atoms with Crippen LogP contribution in [0, 0.1) is 5.82 Å². The second-order valence-electron chi connectivity index (χ2n) is 3.50. The molecular weight excluding hydrogens is 231 g/mol. The molecule has 17 heavy (non-hydrogen) atoms. The smallest absolute Gasteiger partial charge is 0.134 e. The van der Waals surface area contributed by atoms with Crippen LogP contribution in [0.3, 0.4) is 0 Å². The largest absolute Gasteiger partial charge is 0.392 e. The Morgan fingerprint density at radius 2 is 0.765 bits per heavy atom. The maximum absolute atomic E-state index is 13.9. The molecule has 1 aromatic carbocycles. The third-order valence-corrected chi connectivity index (χ3v) is 2.78. The van der Waals surface area contributed by atoms with Gasteiger partial charge in [-0.25, -0.2) is 4.39 Å². The Labute approximate surface area is 97.4 Å². The summed E-state index contributed by atoms with van der Waals surface area (Å²) in [5.74, 6) is -0.861. The molecule has 0 amide bonds. The highest BCUT2D eigenvalue weighted by Gasteiger charge is 2.21. The van der Waals surface area contributed by atoms with E-state index in [9.17, 15) is 9.50 Å². The first kappa shape index (κ1) is 14.0. The van der Waals surface area contributed by atoms with E-state index in [1.54, 1.807) is 0 Å². The summed E-state index contributed by atoms with van der Waals surface area (Å²) in [5, 5.41) is 45.6. The first-order chi connectivity index (χ1) is 8.15. The number of hydrogen-bond donors (Lipinski definition) is 5. The average Bonchev–Trinajstić information content (AvgIpc) is 2.36. The SMILES string of the molecule is OCc1c(F)c(CO)c(CO)c(CO)c1CO. The summed E-state index contributed by atoms with van der Waals surface area (Å²) in [7, 11) is 0. The van der Waals surface area contributed by atoms with Crippen LogP contribution in [0.15, 0.2) is 0 Å². The fraction of sp³-hybridized carbons (Fsp3) is 0.455. The Kier molecular flexibility index (Phi) is 4.98. The van der Waals surface area contributed by atoms with Crippen molar-refractivity contribution in [3.63, 3.8) is 0 Å². The Morgan fingerprint density at radius 3 is 1.00 bits per heavy atom. The lowest BCUT2D eigenvalue weighted by molar-refractivity contribution is 0.226. The molecule has 0 aliphatic rings. The van der Waals surface area contributed by atoms with E-state index in [0.29, 0.717) is 0 Å².